The molecule has 0 spiro atoms. The summed E-state index contributed by atoms with van der Waals surface area (Å²) < 4.78 is 38.1. The minimum absolute atomic E-state index is 0.146. The lowest BCUT2D eigenvalue weighted by molar-refractivity contribution is -0.384. The number of nitro groups is 1. The first-order valence-corrected chi connectivity index (χ1v) is 5.79. The standard InChI is InChI=1S/C13H7F3N2O4/c14-13(15,16)9-3-6-11(19)17(7-9)12(20)8-1-4-10(5-2-8)18(21)22/h1-7H. The Morgan fingerprint density at radius 2 is 1.68 bits per heavy atom. The number of alkyl halides is 3. The van der Waals surface area contributed by atoms with Crippen molar-refractivity contribution in [2.75, 3.05) is 0 Å². The lowest BCUT2D eigenvalue weighted by atomic mass is 10.2. The molecule has 1 aromatic carbocycles. The number of hydrogen-bond donors (Lipinski definition) is 0. The third kappa shape index (κ3) is 3.03. The molecule has 0 aliphatic rings. The minimum atomic E-state index is -4.70. The summed E-state index contributed by atoms with van der Waals surface area (Å²) in [6.45, 7) is 0. The van der Waals surface area contributed by atoms with Crippen molar-refractivity contribution in [1.29, 1.82) is 0 Å². The number of non-ortho nitro benzene ring substituents is 1. The van der Waals surface area contributed by atoms with Gasteiger partial charge in [0, 0.05) is 30.0 Å². The van der Waals surface area contributed by atoms with Gasteiger partial charge in [0.25, 0.3) is 17.2 Å². The van der Waals surface area contributed by atoms with Crippen LogP contribution in [0.3, 0.4) is 0 Å². The molecule has 1 heterocycles. The second-order valence-electron chi connectivity index (χ2n) is 4.23. The Hall–Kier alpha value is -2.97. The van der Waals surface area contributed by atoms with Gasteiger partial charge < -0.3 is 0 Å². The normalized spacial score (nSPS) is 11.2. The third-order valence-electron chi connectivity index (χ3n) is 2.78. The molecule has 2 rings (SSSR count). The number of carbonyl (C=O) groups is 1. The fourth-order valence-corrected chi connectivity index (χ4v) is 1.68. The number of hydrogen-bond acceptors (Lipinski definition) is 4. The van der Waals surface area contributed by atoms with Gasteiger partial charge in [-0.25, -0.2) is 4.57 Å². The predicted molar refractivity (Wildman–Crippen MR) is 68.5 cm³/mol. The molecule has 0 fully saturated rings. The summed E-state index contributed by atoms with van der Waals surface area (Å²) in [5, 5.41) is 10.5. The average molecular weight is 312 g/mol. The fourth-order valence-electron chi connectivity index (χ4n) is 1.68. The Morgan fingerprint density at radius 1 is 1.09 bits per heavy atom. The van der Waals surface area contributed by atoms with Gasteiger partial charge in [-0.3, -0.25) is 19.7 Å². The van der Waals surface area contributed by atoms with Crippen LogP contribution in [-0.4, -0.2) is 15.4 Å². The number of pyridine rings is 1. The van der Waals surface area contributed by atoms with Gasteiger partial charge in [0.05, 0.1) is 10.5 Å². The van der Waals surface area contributed by atoms with Gasteiger partial charge in [0.15, 0.2) is 0 Å². The smallest absolute Gasteiger partial charge is 0.269 e. The maximum atomic E-state index is 12.6. The van der Waals surface area contributed by atoms with E-state index in [1.54, 1.807) is 0 Å². The number of aromatic nitrogens is 1. The number of nitro benzene ring substituents is 1. The summed E-state index contributed by atoms with van der Waals surface area (Å²) in [7, 11) is 0. The van der Waals surface area contributed by atoms with Crippen LogP contribution < -0.4 is 5.56 Å². The molecule has 0 unspecified atom stereocenters. The summed E-state index contributed by atoms with van der Waals surface area (Å²) in [5.74, 6) is -1.01. The molecule has 0 saturated heterocycles. The molecule has 0 amide bonds. The summed E-state index contributed by atoms with van der Waals surface area (Å²) in [6.07, 6.45) is -4.31. The van der Waals surface area contributed by atoms with Crippen molar-refractivity contribution in [2.45, 2.75) is 6.18 Å². The quantitative estimate of drug-likeness (QED) is 0.630. The van der Waals surface area contributed by atoms with Gasteiger partial charge in [-0.1, -0.05) is 0 Å². The molecule has 0 aliphatic heterocycles. The van der Waals surface area contributed by atoms with Crippen LogP contribution in [0.15, 0.2) is 47.4 Å². The molecule has 0 aliphatic carbocycles. The van der Waals surface area contributed by atoms with E-state index in [0.29, 0.717) is 22.9 Å². The van der Waals surface area contributed by atoms with Gasteiger partial charge in [0.1, 0.15) is 0 Å². The van der Waals surface area contributed by atoms with E-state index in [-0.39, 0.29) is 11.3 Å². The van der Waals surface area contributed by atoms with Crippen molar-refractivity contribution >= 4 is 11.6 Å². The number of rotatable bonds is 2. The Kier molecular flexibility index (Phi) is 3.81. The number of benzene rings is 1. The zero-order chi connectivity index (χ0) is 16.5. The van der Waals surface area contributed by atoms with Crippen molar-refractivity contribution in [3.05, 3.63) is 74.2 Å². The van der Waals surface area contributed by atoms with Gasteiger partial charge in [-0.15, -0.1) is 0 Å². The molecule has 0 N–H and O–H groups in total. The van der Waals surface area contributed by atoms with Gasteiger partial charge >= 0.3 is 6.18 Å². The molecule has 9 heteroatoms. The first kappa shape index (κ1) is 15.4. The summed E-state index contributed by atoms with van der Waals surface area (Å²) in [6, 6.07) is 5.37. The van der Waals surface area contributed by atoms with E-state index < -0.39 is 28.1 Å². The highest BCUT2D eigenvalue weighted by molar-refractivity contribution is 5.96. The molecule has 0 bridgehead atoms. The molecule has 114 valence electrons. The molecular formula is C13H7F3N2O4. The van der Waals surface area contributed by atoms with Crippen LogP contribution in [0.4, 0.5) is 18.9 Å². The molecule has 2 aromatic rings. The van der Waals surface area contributed by atoms with Crippen LogP contribution in [0.5, 0.6) is 0 Å². The van der Waals surface area contributed by atoms with Crippen LogP contribution in [0.2, 0.25) is 0 Å². The fraction of sp³-hybridized carbons (Fsp3) is 0.0769. The van der Waals surface area contributed by atoms with Crippen molar-refractivity contribution in [3.63, 3.8) is 0 Å². The van der Waals surface area contributed by atoms with E-state index in [2.05, 4.69) is 0 Å². The van der Waals surface area contributed by atoms with Crippen LogP contribution in [-0.2, 0) is 6.18 Å². The Morgan fingerprint density at radius 3 is 2.18 bits per heavy atom. The second kappa shape index (κ2) is 5.43. The zero-order valence-corrected chi connectivity index (χ0v) is 10.7. The van der Waals surface area contributed by atoms with Crippen LogP contribution in [0.25, 0.3) is 0 Å². The molecule has 1 aromatic heterocycles. The van der Waals surface area contributed by atoms with E-state index in [1.165, 1.54) is 0 Å². The molecule has 22 heavy (non-hydrogen) atoms. The van der Waals surface area contributed by atoms with Gasteiger partial charge in [-0.2, -0.15) is 13.2 Å². The number of carbonyl (C=O) groups excluding carboxylic acids is 1. The zero-order valence-electron chi connectivity index (χ0n) is 10.7. The van der Waals surface area contributed by atoms with Gasteiger partial charge in [0.2, 0.25) is 0 Å². The molecular weight excluding hydrogens is 305 g/mol. The highest BCUT2D eigenvalue weighted by atomic mass is 19.4. The number of nitrogens with zero attached hydrogens (tertiary/aromatic N) is 2. The Balaban J connectivity index is 2.45. The highest BCUT2D eigenvalue weighted by Crippen LogP contribution is 2.28. The largest absolute Gasteiger partial charge is 0.417 e. The van der Waals surface area contributed by atoms with Crippen LogP contribution >= 0.6 is 0 Å². The summed E-state index contributed by atoms with van der Waals surface area (Å²) >= 11 is 0. The van der Waals surface area contributed by atoms with Crippen LogP contribution in [0, 0.1) is 10.1 Å². The SMILES string of the molecule is O=C(c1ccc([N+](=O)[O-])cc1)n1cc(C(F)(F)F)ccc1=O. The maximum absolute atomic E-state index is 12.6. The van der Waals surface area contributed by atoms with E-state index in [4.69, 9.17) is 0 Å². The average Bonchev–Trinajstić information content (AvgIpc) is 2.46. The Labute approximate surface area is 120 Å². The third-order valence-corrected chi connectivity index (χ3v) is 2.78. The number of halogens is 3. The van der Waals surface area contributed by atoms with Gasteiger partial charge in [-0.05, 0) is 18.2 Å². The van der Waals surface area contributed by atoms with E-state index >= 15 is 0 Å². The second-order valence-corrected chi connectivity index (χ2v) is 4.23. The molecule has 0 radical (unpaired) electrons. The van der Waals surface area contributed by atoms with Crippen LogP contribution in [0.1, 0.15) is 15.9 Å². The first-order valence-electron chi connectivity index (χ1n) is 5.79. The van der Waals surface area contributed by atoms with E-state index in [9.17, 15) is 32.9 Å². The lowest BCUT2D eigenvalue weighted by Crippen LogP contribution is -2.27. The van der Waals surface area contributed by atoms with E-state index in [0.717, 1.165) is 24.3 Å². The van der Waals surface area contributed by atoms with E-state index in [1.807, 2.05) is 0 Å². The maximum Gasteiger partial charge on any atom is 0.417 e. The predicted octanol–water partition coefficient (Wildman–Crippen LogP) is 2.46. The summed E-state index contributed by atoms with van der Waals surface area (Å²) in [4.78, 5) is 33.4. The Bertz CT molecular complexity index is 794. The summed E-state index contributed by atoms with van der Waals surface area (Å²) in [5.41, 5.74) is -2.52. The lowest BCUT2D eigenvalue weighted by Gasteiger charge is -2.09. The van der Waals surface area contributed by atoms with Crippen molar-refractivity contribution < 1.29 is 22.9 Å². The molecule has 0 atom stereocenters. The highest BCUT2D eigenvalue weighted by Gasteiger charge is 2.31. The molecule has 6 nitrogen and oxygen atoms in total. The van der Waals surface area contributed by atoms with Crippen molar-refractivity contribution in [2.24, 2.45) is 0 Å². The topological polar surface area (TPSA) is 82.2 Å². The monoisotopic (exact) mass is 312 g/mol. The van der Waals surface area contributed by atoms with Crippen molar-refractivity contribution in [1.82, 2.24) is 4.57 Å². The first-order chi connectivity index (χ1) is 10.2. The van der Waals surface area contributed by atoms with Crippen molar-refractivity contribution in [3.8, 4) is 0 Å². The minimum Gasteiger partial charge on any atom is -0.269 e. The molecule has 0 saturated carbocycles.